The summed E-state index contributed by atoms with van der Waals surface area (Å²) in [5.74, 6) is -0.0637. The van der Waals surface area contributed by atoms with E-state index in [9.17, 15) is 9.59 Å². The molecule has 3 heterocycles. The van der Waals surface area contributed by atoms with Crippen LogP contribution in [0.4, 0.5) is 5.69 Å². The lowest BCUT2D eigenvalue weighted by atomic mass is 10.1. The standard InChI is InChI=1S/C20H20N4O2/c1-14(25)24-11-8-15-12-16(5-6-18(15)24)20(26)21-9-7-17-13-23-10-3-2-4-19(23)22-17/h2-6,10,12-13H,7-9,11H2,1H3,(H,21,26). The van der Waals surface area contributed by atoms with Crippen molar-refractivity contribution < 1.29 is 9.59 Å². The average Bonchev–Trinajstić information content (AvgIpc) is 3.24. The average molecular weight is 348 g/mol. The minimum atomic E-state index is -0.0992. The van der Waals surface area contributed by atoms with Gasteiger partial charge >= 0.3 is 0 Å². The highest BCUT2D eigenvalue weighted by molar-refractivity contribution is 5.97. The van der Waals surface area contributed by atoms with Gasteiger partial charge in [0, 0.05) is 50.1 Å². The fraction of sp³-hybridized carbons (Fsp3) is 0.250. The van der Waals surface area contributed by atoms with Gasteiger partial charge in [-0.3, -0.25) is 9.59 Å². The molecule has 1 aliphatic rings. The molecule has 2 aromatic heterocycles. The Morgan fingerprint density at radius 1 is 1.23 bits per heavy atom. The van der Waals surface area contributed by atoms with E-state index in [1.54, 1.807) is 17.9 Å². The number of imidazole rings is 1. The summed E-state index contributed by atoms with van der Waals surface area (Å²) in [4.78, 5) is 30.3. The highest BCUT2D eigenvalue weighted by Gasteiger charge is 2.23. The number of amides is 2. The van der Waals surface area contributed by atoms with Crippen LogP contribution in [0.3, 0.4) is 0 Å². The maximum Gasteiger partial charge on any atom is 0.251 e. The lowest BCUT2D eigenvalue weighted by Gasteiger charge is -2.14. The van der Waals surface area contributed by atoms with E-state index in [1.165, 1.54) is 0 Å². The number of aromatic nitrogens is 2. The van der Waals surface area contributed by atoms with Gasteiger partial charge in [0.25, 0.3) is 5.91 Å². The molecule has 0 saturated heterocycles. The number of hydrogen-bond acceptors (Lipinski definition) is 3. The number of fused-ring (bicyclic) bond motifs is 2. The van der Waals surface area contributed by atoms with Crippen molar-refractivity contribution in [2.24, 2.45) is 0 Å². The maximum absolute atomic E-state index is 12.4. The number of benzene rings is 1. The first-order valence-electron chi connectivity index (χ1n) is 8.73. The van der Waals surface area contributed by atoms with E-state index in [2.05, 4.69) is 10.3 Å². The fourth-order valence-corrected chi connectivity index (χ4v) is 3.38. The summed E-state index contributed by atoms with van der Waals surface area (Å²) >= 11 is 0. The molecule has 1 N–H and O–H groups in total. The molecule has 26 heavy (non-hydrogen) atoms. The van der Waals surface area contributed by atoms with E-state index in [0.29, 0.717) is 25.1 Å². The van der Waals surface area contributed by atoms with Crippen LogP contribution in [0.5, 0.6) is 0 Å². The molecular formula is C20H20N4O2. The Balaban J connectivity index is 1.38. The van der Waals surface area contributed by atoms with Crippen LogP contribution >= 0.6 is 0 Å². The van der Waals surface area contributed by atoms with Gasteiger partial charge < -0.3 is 14.6 Å². The number of carbonyl (C=O) groups excluding carboxylic acids is 2. The van der Waals surface area contributed by atoms with Gasteiger partial charge in [-0.05, 0) is 42.3 Å². The Kier molecular flexibility index (Phi) is 4.16. The predicted molar refractivity (Wildman–Crippen MR) is 99.4 cm³/mol. The van der Waals surface area contributed by atoms with E-state index < -0.39 is 0 Å². The predicted octanol–water partition coefficient (Wildman–Crippen LogP) is 2.22. The van der Waals surface area contributed by atoms with E-state index in [1.807, 2.05) is 47.1 Å². The number of anilines is 1. The second kappa shape index (κ2) is 6.63. The third-order valence-corrected chi connectivity index (χ3v) is 4.70. The molecule has 6 nitrogen and oxygen atoms in total. The van der Waals surface area contributed by atoms with Crippen LogP contribution in [0.25, 0.3) is 5.65 Å². The monoisotopic (exact) mass is 348 g/mol. The summed E-state index contributed by atoms with van der Waals surface area (Å²) in [6, 6.07) is 11.4. The molecule has 1 aromatic carbocycles. The molecular weight excluding hydrogens is 328 g/mol. The van der Waals surface area contributed by atoms with Crippen LogP contribution < -0.4 is 10.2 Å². The summed E-state index contributed by atoms with van der Waals surface area (Å²) in [6.07, 6.45) is 5.40. The van der Waals surface area contributed by atoms with Gasteiger partial charge in [0.05, 0.1) is 5.69 Å². The van der Waals surface area contributed by atoms with Crippen LogP contribution in [0, 0.1) is 0 Å². The fourth-order valence-electron chi connectivity index (χ4n) is 3.38. The molecule has 1 aliphatic heterocycles. The van der Waals surface area contributed by atoms with E-state index in [4.69, 9.17) is 0 Å². The molecule has 2 amide bonds. The van der Waals surface area contributed by atoms with Gasteiger partial charge in [0.15, 0.2) is 0 Å². The Morgan fingerprint density at radius 2 is 2.12 bits per heavy atom. The van der Waals surface area contributed by atoms with Crippen molar-refractivity contribution in [2.45, 2.75) is 19.8 Å². The molecule has 0 bridgehead atoms. The quantitative estimate of drug-likeness (QED) is 0.786. The number of pyridine rings is 1. The normalized spacial score (nSPS) is 13.0. The van der Waals surface area contributed by atoms with Crippen molar-refractivity contribution in [1.82, 2.24) is 14.7 Å². The molecule has 0 saturated carbocycles. The topological polar surface area (TPSA) is 66.7 Å². The molecule has 0 aliphatic carbocycles. The zero-order valence-corrected chi connectivity index (χ0v) is 14.6. The molecule has 0 radical (unpaired) electrons. The summed E-state index contributed by atoms with van der Waals surface area (Å²) in [5, 5.41) is 2.95. The Morgan fingerprint density at radius 3 is 2.92 bits per heavy atom. The molecule has 0 atom stereocenters. The van der Waals surface area contributed by atoms with Crippen molar-refractivity contribution >= 4 is 23.1 Å². The first-order chi connectivity index (χ1) is 12.6. The van der Waals surface area contributed by atoms with Gasteiger partial charge in [-0.1, -0.05) is 6.07 Å². The lowest BCUT2D eigenvalue weighted by Crippen LogP contribution is -2.26. The highest BCUT2D eigenvalue weighted by Crippen LogP contribution is 2.28. The number of rotatable bonds is 4. The van der Waals surface area contributed by atoms with Crippen LogP contribution in [-0.2, 0) is 17.6 Å². The smallest absolute Gasteiger partial charge is 0.251 e. The molecule has 6 heteroatoms. The zero-order valence-electron chi connectivity index (χ0n) is 14.6. The molecule has 0 unspecified atom stereocenters. The minimum absolute atomic E-state index is 0.0356. The maximum atomic E-state index is 12.4. The molecule has 0 fully saturated rings. The van der Waals surface area contributed by atoms with Crippen molar-refractivity contribution in [2.75, 3.05) is 18.0 Å². The van der Waals surface area contributed by atoms with E-state index in [-0.39, 0.29) is 11.8 Å². The van der Waals surface area contributed by atoms with Gasteiger partial charge in [-0.2, -0.15) is 0 Å². The number of hydrogen-bond donors (Lipinski definition) is 1. The number of nitrogens with one attached hydrogen (secondary N) is 1. The van der Waals surface area contributed by atoms with Gasteiger partial charge in [0.1, 0.15) is 5.65 Å². The van der Waals surface area contributed by atoms with Crippen LogP contribution in [0.2, 0.25) is 0 Å². The number of nitrogens with zero attached hydrogens (tertiary/aromatic N) is 3. The van der Waals surface area contributed by atoms with Gasteiger partial charge in [-0.25, -0.2) is 4.98 Å². The second-order valence-corrected chi connectivity index (χ2v) is 6.47. The van der Waals surface area contributed by atoms with E-state index >= 15 is 0 Å². The Labute approximate surface area is 151 Å². The largest absolute Gasteiger partial charge is 0.352 e. The van der Waals surface area contributed by atoms with Crippen molar-refractivity contribution in [3.05, 3.63) is 65.6 Å². The summed E-state index contributed by atoms with van der Waals surface area (Å²) in [5.41, 5.74) is 4.45. The molecule has 3 aromatic rings. The number of carbonyl (C=O) groups is 2. The van der Waals surface area contributed by atoms with Gasteiger partial charge in [0.2, 0.25) is 5.91 Å². The third-order valence-electron chi connectivity index (χ3n) is 4.70. The zero-order chi connectivity index (χ0) is 18.1. The SMILES string of the molecule is CC(=O)N1CCc2cc(C(=O)NCCc3cn4ccccc4n3)ccc21. The van der Waals surface area contributed by atoms with Crippen LogP contribution in [0.1, 0.15) is 28.5 Å². The second-order valence-electron chi connectivity index (χ2n) is 6.47. The molecule has 0 spiro atoms. The first kappa shape index (κ1) is 16.3. The van der Waals surface area contributed by atoms with Crippen LogP contribution in [0.15, 0.2) is 48.8 Å². The highest BCUT2D eigenvalue weighted by atomic mass is 16.2. The summed E-state index contributed by atoms with van der Waals surface area (Å²) < 4.78 is 1.97. The van der Waals surface area contributed by atoms with Crippen molar-refractivity contribution in [3.63, 3.8) is 0 Å². The summed E-state index contributed by atoms with van der Waals surface area (Å²) in [7, 11) is 0. The first-order valence-corrected chi connectivity index (χ1v) is 8.73. The van der Waals surface area contributed by atoms with Gasteiger partial charge in [-0.15, -0.1) is 0 Å². The third kappa shape index (κ3) is 3.06. The molecule has 4 rings (SSSR count). The minimum Gasteiger partial charge on any atom is -0.352 e. The summed E-state index contributed by atoms with van der Waals surface area (Å²) in [6.45, 7) is 2.78. The van der Waals surface area contributed by atoms with Crippen LogP contribution in [-0.4, -0.2) is 34.3 Å². The lowest BCUT2D eigenvalue weighted by molar-refractivity contribution is -0.116. The van der Waals surface area contributed by atoms with Crippen molar-refractivity contribution in [1.29, 1.82) is 0 Å². The molecule has 132 valence electrons. The van der Waals surface area contributed by atoms with E-state index in [0.717, 1.165) is 29.0 Å². The Hall–Kier alpha value is -3.15. The van der Waals surface area contributed by atoms with Crippen molar-refractivity contribution in [3.8, 4) is 0 Å². The Bertz CT molecular complexity index is 959.